The number of nitrogens with two attached hydrogens (primary N) is 1. The van der Waals surface area contributed by atoms with Gasteiger partial charge in [-0.15, -0.1) is 0 Å². The number of carbonyl (C=O) groups is 1. The zero-order valence-corrected chi connectivity index (χ0v) is 13.4. The van der Waals surface area contributed by atoms with E-state index in [9.17, 15) is 9.00 Å². The highest BCUT2D eigenvalue weighted by atomic mass is 35.5. The van der Waals surface area contributed by atoms with E-state index >= 15 is 0 Å². The maximum atomic E-state index is 12.3. The van der Waals surface area contributed by atoms with Crippen LogP contribution in [-0.2, 0) is 20.5 Å². The van der Waals surface area contributed by atoms with Crippen LogP contribution in [0, 0.1) is 5.92 Å². The second-order valence-corrected chi connectivity index (χ2v) is 6.79. The molecule has 1 fully saturated rings. The largest absolute Gasteiger partial charge is 0.469 e. The molecule has 0 bridgehead atoms. The number of esters is 1. The molecule has 0 aliphatic heterocycles. The highest BCUT2D eigenvalue weighted by molar-refractivity contribution is 7.83. The Morgan fingerprint density at radius 3 is 2.62 bits per heavy atom. The summed E-state index contributed by atoms with van der Waals surface area (Å²) in [6, 6.07) is 5.08. The molecule has 3 N–H and O–H groups in total. The smallest absolute Gasteiger partial charge is 0.308 e. The molecule has 1 aromatic rings. The molecular formula is C14H19ClN2O3S. The second kappa shape index (κ2) is 7.24. The van der Waals surface area contributed by atoms with Crippen molar-refractivity contribution in [2.24, 2.45) is 5.92 Å². The summed E-state index contributed by atoms with van der Waals surface area (Å²) in [7, 11) is 0.0813. The lowest BCUT2D eigenvalue weighted by atomic mass is 9.86. The monoisotopic (exact) mass is 330 g/mol. The van der Waals surface area contributed by atoms with Crippen LogP contribution in [0.1, 0.15) is 25.7 Å². The zero-order chi connectivity index (χ0) is 15.4. The summed E-state index contributed by atoms with van der Waals surface area (Å²) < 4.78 is 20.1. The predicted octanol–water partition coefficient (Wildman–Crippen LogP) is 2.27. The molecule has 1 saturated carbocycles. The number of hydrogen-bond donors (Lipinski definition) is 2. The van der Waals surface area contributed by atoms with Gasteiger partial charge in [0.25, 0.3) is 0 Å². The van der Waals surface area contributed by atoms with Crippen LogP contribution in [0.2, 0.25) is 5.02 Å². The Labute approximate surface area is 131 Å². The molecule has 0 radical (unpaired) electrons. The fourth-order valence-corrected chi connectivity index (χ4v) is 3.69. The number of halogens is 1. The topological polar surface area (TPSA) is 81.4 Å². The molecule has 0 amide bonds. The summed E-state index contributed by atoms with van der Waals surface area (Å²) in [5.74, 6) is -0.187. The molecule has 1 unspecified atom stereocenters. The molecule has 21 heavy (non-hydrogen) atoms. The highest BCUT2D eigenvalue weighted by Crippen LogP contribution is 2.26. The van der Waals surface area contributed by atoms with Gasteiger partial charge in [0.1, 0.15) is 11.0 Å². The lowest BCUT2D eigenvalue weighted by Gasteiger charge is -2.27. The molecule has 2 rings (SSSR count). The first-order valence-electron chi connectivity index (χ1n) is 6.82. The van der Waals surface area contributed by atoms with Crippen molar-refractivity contribution in [3.63, 3.8) is 0 Å². The van der Waals surface area contributed by atoms with E-state index in [2.05, 4.69) is 4.72 Å². The number of benzene rings is 1. The van der Waals surface area contributed by atoms with Gasteiger partial charge in [-0.2, -0.15) is 0 Å². The van der Waals surface area contributed by atoms with Gasteiger partial charge in [0.2, 0.25) is 0 Å². The van der Waals surface area contributed by atoms with Crippen LogP contribution in [0.4, 0.5) is 5.69 Å². The Kier molecular flexibility index (Phi) is 5.61. The van der Waals surface area contributed by atoms with Gasteiger partial charge in [-0.3, -0.25) is 4.79 Å². The van der Waals surface area contributed by atoms with E-state index in [1.807, 2.05) is 0 Å². The van der Waals surface area contributed by atoms with Crippen LogP contribution in [0.5, 0.6) is 0 Å². The van der Waals surface area contributed by atoms with Crippen molar-refractivity contribution < 1.29 is 13.7 Å². The van der Waals surface area contributed by atoms with Gasteiger partial charge in [-0.05, 0) is 43.9 Å². The minimum atomic E-state index is -1.33. The van der Waals surface area contributed by atoms with Gasteiger partial charge in [0, 0.05) is 6.04 Å². The molecule has 1 aromatic carbocycles. The first-order chi connectivity index (χ1) is 10.0. The Balaban J connectivity index is 1.89. The first kappa shape index (κ1) is 16.3. The summed E-state index contributed by atoms with van der Waals surface area (Å²) >= 11 is 5.85. The van der Waals surface area contributed by atoms with E-state index in [1.165, 1.54) is 7.11 Å². The minimum absolute atomic E-state index is 0.0346. The molecule has 1 aliphatic rings. The van der Waals surface area contributed by atoms with E-state index < -0.39 is 11.0 Å². The SMILES string of the molecule is COC(=O)C1CCC(NS(=O)c2ccc(Cl)c(N)c2)CC1. The summed E-state index contributed by atoms with van der Waals surface area (Å²) in [6.45, 7) is 0. The molecule has 0 heterocycles. The van der Waals surface area contributed by atoms with E-state index in [-0.39, 0.29) is 17.9 Å². The Hall–Kier alpha value is -1.11. The van der Waals surface area contributed by atoms with Crippen molar-refractivity contribution in [1.82, 2.24) is 4.72 Å². The zero-order valence-electron chi connectivity index (χ0n) is 11.8. The second-order valence-electron chi connectivity index (χ2n) is 5.14. The summed E-state index contributed by atoms with van der Waals surface area (Å²) in [5.41, 5.74) is 6.13. The molecule has 0 aromatic heterocycles. The van der Waals surface area contributed by atoms with Crippen molar-refractivity contribution in [3.05, 3.63) is 23.2 Å². The van der Waals surface area contributed by atoms with Gasteiger partial charge >= 0.3 is 5.97 Å². The summed E-state index contributed by atoms with van der Waals surface area (Å²) in [6.07, 6.45) is 3.11. The molecule has 1 atom stereocenters. The standard InChI is InChI=1S/C14H19ClN2O3S/c1-20-14(18)9-2-4-10(5-3-9)17-21(19)11-6-7-12(15)13(16)8-11/h6-10,17H,2-5,16H2,1H3. The number of methoxy groups -OCH3 is 1. The van der Waals surface area contributed by atoms with Crippen molar-refractivity contribution in [2.45, 2.75) is 36.6 Å². The molecule has 5 nitrogen and oxygen atoms in total. The van der Waals surface area contributed by atoms with Gasteiger partial charge < -0.3 is 10.5 Å². The lowest BCUT2D eigenvalue weighted by Crippen LogP contribution is -2.36. The Morgan fingerprint density at radius 1 is 1.38 bits per heavy atom. The van der Waals surface area contributed by atoms with Crippen LogP contribution in [0.25, 0.3) is 0 Å². The fraction of sp³-hybridized carbons (Fsp3) is 0.500. The van der Waals surface area contributed by atoms with Crippen LogP contribution < -0.4 is 10.5 Å². The van der Waals surface area contributed by atoms with Crippen molar-refractivity contribution >= 4 is 34.2 Å². The maximum absolute atomic E-state index is 12.3. The molecule has 116 valence electrons. The van der Waals surface area contributed by atoms with Crippen LogP contribution in [0.15, 0.2) is 23.1 Å². The average molecular weight is 331 g/mol. The lowest BCUT2D eigenvalue weighted by molar-refractivity contribution is -0.146. The number of nitrogens with one attached hydrogen (secondary N) is 1. The predicted molar refractivity (Wildman–Crippen MR) is 83.2 cm³/mol. The Bertz CT molecular complexity index is 545. The molecule has 0 saturated heterocycles. The third-order valence-electron chi connectivity index (χ3n) is 3.72. The quantitative estimate of drug-likeness (QED) is 0.655. The number of rotatable bonds is 4. The number of hydrogen-bond acceptors (Lipinski definition) is 4. The highest BCUT2D eigenvalue weighted by Gasteiger charge is 2.27. The Morgan fingerprint density at radius 2 is 2.05 bits per heavy atom. The number of nitrogen functional groups attached to an aromatic ring is 1. The molecule has 1 aliphatic carbocycles. The minimum Gasteiger partial charge on any atom is -0.469 e. The van der Waals surface area contributed by atoms with E-state index in [0.717, 1.165) is 25.7 Å². The van der Waals surface area contributed by atoms with Crippen molar-refractivity contribution in [2.75, 3.05) is 12.8 Å². The summed E-state index contributed by atoms with van der Waals surface area (Å²) in [4.78, 5) is 12.1. The molecule has 7 heteroatoms. The van der Waals surface area contributed by atoms with Crippen LogP contribution in [-0.4, -0.2) is 23.3 Å². The van der Waals surface area contributed by atoms with Crippen molar-refractivity contribution in [3.8, 4) is 0 Å². The van der Waals surface area contributed by atoms with Gasteiger partial charge in [-0.25, -0.2) is 8.93 Å². The first-order valence-corrected chi connectivity index (χ1v) is 8.35. The third-order valence-corrected chi connectivity index (χ3v) is 5.29. The van der Waals surface area contributed by atoms with E-state index in [4.69, 9.17) is 22.1 Å². The average Bonchev–Trinajstić information content (AvgIpc) is 2.50. The molecular weight excluding hydrogens is 312 g/mol. The number of ether oxygens (including phenoxy) is 1. The van der Waals surface area contributed by atoms with E-state index in [1.54, 1.807) is 18.2 Å². The summed E-state index contributed by atoms with van der Waals surface area (Å²) in [5, 5.41) is 0.453. The maximum Gasteiger partial charge on any atom is 0.308 e. The van der Waals surface area contributed by atoms with E-state index in [0.29, 0.717) is 15.6 Å². The van der Waals surface area contributed by atoms with Gasteiger partial charge in [0.05, 0.1) is 28.6 Å². The molecule has 0 spiro atoms. The van der Waals surface area contributed by atoms with Gasteiger partial charge in [0.15, 0.2) is 0 Å². The third kappa shape index (κ3) is 4.18. The van der Waals surface area contributed by atoms with Gasteiger partial charge in [-0.1, -0.05) is 11.6 Å². The number of anilines is 1. The fourth-order valence-electron chi connectivity index (χ4n) is 2.47. The van der Waals surface area contributed by atoms with Crippen LogP contribution >= 0.6 is 11.6 Å². The van der Waals surface area contributed by atoms with Crippen molar-refractivity contribution in [1.29, 1.82) is 0 Å². The normalized spacial score (nSPS) is 23.5. The number of carbonyl (C=O) groups excluding carboxylic acids is 1. The van der Waals surface area contributed by atoms with Crippen LogP contribution in [0.3, 0.4) is 0 Å².